The molecule has 1 aliphatic heterocycles. The highest BCUT2D eigenvalue weighted by molar-refractivity contribution is 6.42. The maximum absolute atomic E-state index is 11.5. The van der Waals surface area contributed by atoms with Gasteiger partial charge in [-0.15, -0.1) is 0 Å². The van der Waals surface area contributed by atoms with E-state index in [4.69, 9.17) is 9.57 Å². The number of carboxylic acids is 1. The van der Waals surface area contributed by atoms with Crippen molar-refractivity contribution in [2.45, 2.75) is 26.7 Å². The summed E-state index contributed by atoms with van der Waals surface area (Å²) in [6.07, 6.45) is 1.43. The van der Waals surface area contributed by atoms with Crippen LogP contribution in [0.1, 0.15) is 26.7 Å². The van der Waals surface area contributed by atoms with E-state index in [2.05, 4.69) is 17.0 Å². The first-order valence-electron chi connectivity index (χ1n) is 7.54. The lowest BCUT2D eigenvalue weighted by Crippen LogP contribution is -2.38. The van der Waals surface area contributed by atoms with Crippen LogP contribution in [0.5, 0.6) is 0 Å². The number of nitrogens with zero attached hydrogens (tertiary/aromatic N) is 2. The Labute approximate surface area is 131 Å². The Hall–Kier alpha value is -1.66. The molecule has 22 heavy (non-hydrogen) atoms. The van der Waals surface area contributed by atoms with Crippen LogP contribution in [-0.4, -0.2) is 61.6 Å². The van der Waals surface area contributed by atoms with E-state index in [1.54, 1.807) is 0 Å². The first-order valence-corrected chi connectivity index (χ1v) is 7.54. The summed E-state index contributed by atoms with van der Waals surface area (Å²) in [5.41, 5.74) is 4.48. The van der Waals surface area contributed by atoms with Gasteiger partial charge in [0, 0.05) is 19.6 Å². The molecule has 0 aromatic rings. The van der Waals surface area contributed by atoms with E-state index in [-0.39, 0.29) is 5.71 Å². The Kier molecular flexibility index (Phi) is 5.74. The largest absolute Gasteiger partial charge is 0.476 e. The minimum absolute atomic E-state index is 0.0256. The fourth-order valence-corrected chi connectivity index (χ4v) is 2.86. The van der Waals surface area contributed by atoms with Gasteiger partial charge in [-0.1, -0.05) is 16.3 Å². The van der Waals surface area contributed by atoms with Gasteiger partial charge in [0.1, 0.15) is 7.11 Å². The maximum atomic E-state index is 11.5. The van der Waals surface area contributed by atoms with Crippen molar-refractivity contribution in [1.29, 1.82) is 0 Å². The fraction of sp³-hybridized carbons (Fsp3) is 0.625. The van der Waals surface area contributed by atoms with Gasteiger partial charge >= 0.3 is 5.97 Å². The molecule has 1 saturated heterocycles. The van der Waals surface area contributed by atoms with Gasteiger partial charge in [-0.05, 0) is 37.8 Å². The zero-order valence-electron chi connectivity index (χ0n) is 13.5. The van der Waals surface area contributed by atoms with Crippen molar-refractivity contribution in [3.05, 3.63) is 22.3 Å². The molecule has 1 N–H and O–H groups in total. The fourth-order valence-electron chi connectivity index (χ4n) is 2.86. The van der Waals surface area contributed by atoms with Gasteiger partial charge in [-0.2, -0.15) is 0 Å². The molecule has 6 heteroatoms. The predicted octanol–water partition coefficient (Wildman–Crippen LogP) is 1.83. The highest BCUT2D eigenvalue weighted by Gasteiger charge is 2.26. The van der Waals surface area contributed by atoms with Crippen LogP contribution in [0.25, 0.3) is 0 Å². The maximum Gasteiger partial charge on any atom is 0.358 e. The first kappa shape index (κ1) is 16.7. The van der Waals surface area contributed by atoms with Crippen molar-refractivity contribution in [2.75, 3.05) is 40.0 Å². The average Bonchev–Trinajstić information content (AvgIpc) is 2.49. The summed E-state index contributed by atoms with van der Waals surface area (Å²) in [5.74, 6) is -1.04. The van der Waals surface area contributed by atoms with Crippen molar-refractivity contribution in [3.63, 3.8) is 0 Å². The third-order valence-corrected chi connectivity index (χ3v) is 4.26. The van der Waals surface area contributed by atoms with Crippen molar-refractivity contribution in [3.8, 4) is 0 Å². The van der Waals surface area contributed by atoms with E-state index in [0.29, 0.717) is 6.42 Å². The summed E-state index contributed by atoms with van der Waals surface area (Å²) in [7, 11) is 1.38. The van der Waals surface area contributed by atoms with E-state index in [1.807, 2.05) is 6.92 Å². The van der Waals surface area contributed by atoms with Crippen molar-refractivity contribution in [1.82, 2.24) is 4.90 Å². The van der Waals surface area contributed by atoms with Crippen LogP contribution in [-0.2, 0) is 14.4 Å². The number of rotatable bonds is 5. The smallest absolute Gasteiger partial charge is 0.358 e. The SMILES string of the molecule is CON=C(C(=O)O)C1=C(CN2CCOCC2)CC(C)=C(C)C1. The molecule has 0 unspecified atom stereocenters. The van der Waals surface area contributed by atoms with Gasteiger partial charge in [0.05, 0.1) is 13.2 Å². The third kappa shape index (κ3) is 3.96. The summed E-state index contributed by atoms with van der Waals surface area (Å²) in [6, 6.07) is 0. The predicted molar refractivity (Wildman–Crippen MR) is 84.0 cm³/mol. The monoisotopic (exact) mass is 308 g/mol. The standard InChI is InChI=1S/C16H24N2O4/c1-11-8-13(10-18-4-6-22-7-5-18)14(9-12(11)2)15(16(19)20)17-21-3/h4-10H2,1-3H3,(H,19,20). The zero-order valence-corrected chi connectivity index (χ0v) is 13.5. The van der Waals surface area contributed by atoms with Crippen LogP contribution in [0.3, 0.4) is 0 Å². The molecule has 0 bridgehead atoms. The van der Waals surface area contributed by atoms with E-state index < -0.39 is 5.97 Å². The Balaban J connectivity index is 2.29. The summed E-state index contributed by atoms with van der Waals surface area (Å²) < 4.78 is 5.37. The minimum atomic E-state index is -1.04. The molecule has 0 amide bonds. The lowest BCUT2D eigenvalue weighted by atomic mass is 9.84. The van der Waals surface area contributed by atoms with Gasteiger partial charge in [0.2, 0.25) is 0 Å². The number of oxime groups is 1. The molecule has 1 fully saturated rings. The Morgan fingerprint density at radius 2 is 1.91 bits per heavy atom. The number of hydrogen-bond donors (Lipinski definition) is 1. The number of allylic oxidation sites excluding steroid dienone is 2. The van der Waals surface area contributed by atoms with Crippen LogP contribution < -0.4 is 0 Å². The lowest BCUT2D eigenvalue weighted by molar-refractivity contribution is -0.129. The van der Waals surface area contributed by atoms with Crippen LogP contribution in [0, 0.1) is 0 Å². The molecule has 1 heterocycles. The van der Waals surface area contributed by atoms with Crippen LogP contribution in [0.2, 0.25) is 0 Å². The van der Waals surface area contributed by atoms with Gasteiger partial charge in [0.25, 0.3) is 0 Å². The zero-order chi connectivity index (χ0) is 16.1. The summed E-state index contributed by atoms with van der Waals surface area (Å²) in [5, 5.41) is 13.2. The number of morpholine rings is 1. The quantitative estimate of drug-likeness (QED) is 0.476. The van der Waals surface area contributed by atoms with Gasteiger partial charge in [-0.25, -0.2) is 4.79 Å². The highest BCUT2D eigenvalue weighted by Crippen LogP contribution is 2.31. The average molecular weight is 308 g/mol. The van der Waals surface area contributed by atoms with Crippen LogP contribution in [0.15, 0.2) is 27.4 Å². The number of carboxylic acid groups (broad SMARTS) is 1. The van der Waals surface area contributed by atoms with Gasteiger partial charge < -0.3 is 14.7 Å². The summed E-state index contributed by atoms with van der Waals surface area (Å²) >= 11 is 0. The second kappa shape index (κ2) is 7.56. The normalized spacial score (nSPS) is 21.3. The second-order valence-corrected chi connectivity index (χ2v) is 5.81. The van der Waals surface area contributed by atoms with Crippen LogP contribution >= 0.6 is 0 Å². The molecule has 0 spiro atoms. The molecule has 2 rings (SSSR count). The molecule has 0 saturated carbocycles. The number of hydrogen-bond acceptors (Lipinski definition) is 5. The molecular formula is C16H24N2O4. The molecule has 2 aliphatic rings. The molecule has 122 valence electrons. The lowest BCUT2D eigenvalue weighted by Gasteiger charge is -2.30. The van der Waals surface area contributed by atoms with E-state index in [1.165, 1.54) is 18.3 Å². The number of aliphatic carboxylic acids is 1. The molecule has 0 aromatic carbocycles. The van der Waals surface area contributed by atoms with Crippen LogP contribution in [0.4, 0.5) is 0 Å². The number of carbonyl (C=O) groups is 1. The molecule has 0 atom stereocenters. The first-order chi connectivity index (χ1) is 10.5. The molecular weight excluding hydrogens is 284 g/mol. The van der Waals surface area contributed by atoms with E-state index >= 15 is 0 Å². The van der Waals surface area contributed by atoms with Crippen molar-refractivity contribution < 1.29 is 19.5 Å². The Bertz CT molecular complexity index is 528. The Morgan fingerprint density at radius 1 is 1.27 bits per heavy atom. The summed E-state index contributed by atoms with van der Waals surface area (Å²) in [4.78, 5) is 18.6. The number of ether oxygens (including phenoxy) is 1. The Morgan fingerprint density at radius 3 is 2.50 bits per heavy atom. The highest BCUT2D eigenvalue weighted by atomic mass is 16.6. The van der Waals surface area contributed by atoms with Crippen molar-refractivity contribution >= 4 is 11.7 Å². The van der Waals surface area contributed by atoms with E-state index in [9.17, 15) is 9.90 Å². The van der Waals surface area contributed by atoms with E-state index in [0.717, 1.165) is 50.4 Å². The van der Waals surface area contributed by atoms with Crippen molar-refractivity contribution in [2.24, 2.45) is 5.16 Å². The topological polar surface area (TPSA) is 71.4 Å². The molecule has 0 radical (unpaired) electrons. The second-order valence-electron chi connectivity index (χ2n) is 5.81. The van der Waals surface area contributed by atoms with Gasteiger partial charge in [0.15, 0.2) is 5.71 Å². The molecule has 1 aliphatic carbocycles. The minimum Gasteiger partial charge on any atom is -0.476 e. The summed E-state index contributed by atoms with van der Waals surface area (Å²) in [6.45, 7) is 8.14. The molecule has 0 aromatic heterocycles. The third-order valence-electron chi connectivity index (χ3n) is 4.26. The van der Waals surface area contributed by atoms with Gasteiger partial charge in [-0.3, -0.25) is 4.90 Å². The molecule has 6 nitrogen and oxygen atoms in total.